The van der Waals surface area contributed by atoms with Crippen LogP contribution in [0, 0.1) is 0 Å². The minimum atomic E-state index is -0.188. The topological polar surface area (TPSA) is 61.3 Å². The zero-order valence-electron chi connectivity index (χ0n) is 14.0. The van der Waals surface area contributed by atoms with Gasteiger partial charge in [0, 0.05) is 37.1 Å². The molecule has 1 saturated carbocycles. The quantitative estimate of drug-likeness (QED) is 0.773. The van der Waals surface area contributed by atoms with Crippen LogP contribution in [0.3, 0.4) is 0 Å². The molecule has 2 rings (SSSR count). The van der Waals surface area contributed by atoms with Crippen molar-refractivity contribution in [2.75, 3.05) is 18.4 Å². The van der Waals surface area contributed by atoms with E-state index in [1.165, 1.54) is 6.42 Å². The van der Waals surface area contributed by atoms with Crippen LogP contribution in [0.4, 0.5) is 5.95 Å². The van der Waals surface area contributed by atoms with Crippen LogP contribution in [0.2, 0.25) is 0 Å². The number of aromatic nitrogens is 2. The SMILES string of the molecule is CCCNc1ncc(CN(CCC)[C@@H]2CCCC[C@H]2O)cn1. The Labute approximate surface area is 134 Å². The van der Waals surface area contributed by atoms with E-state index in [0.29, 0.717) is 5.95 Å². The number of hydrogen-bond donors (Lipinski definition) is 2. The summed E-state index contributed by atoms with van der Waals surface area (Å²) in [6, 6.07) is 0.284. The first-order chi connectivity index (χ1) is 10.7. The molecule has 1 fully saturated rings. The third-order valence-corrected chi connectivity index (χ3v) is 4.30. The molecule has 1 aliphatic rings. The molecule has 0 spiro atoms. The van der Waals surface area contributed by atoms with Crippen molar-refractivity contribution in [1.82, 2.24) is 14.9 Å². The Morgan fingerprint density at radius 3 is 2.55 bits per heavy atom. The third-order valence-electron chi connectivity index (χ3n) is 4.30. The van der Waals surface area contributed by atoms with Gasteiger partial charge in [0.1, 0.15) is 0 Å². The van der Waals surface area contributed by atoms with Crippen LogP contribution >= 0.6 is 0 Å². The number of anilines is 1. The lowest BCUT2D eigenvalue weighted by Crippen LogP contribution is -2.45. The highest BCUT2D eigenvalue weighted by molar-refractivity contribution is 5.24. The van der Waals surface area contributed by atoms with Gasteiger partial charge in [-0.1, -0.05) is 26.7 Å². The summed E-state index contributed by atoms with van der Waals surface area (Å²) < 4.78 is 0. The van der Waals surface area contributed by atoms with Crippen molar-refractivity contribution in [3.8, 4) is 0 Å². The van der Waals surface area contributed by atoms with Gasteiger partial charge in [-0.15, -0.1) is 0 Å². The van der Waals surface area contributed by atoms with Gasteiger partial charge in [-0.25, -0.2) is 9.97 Å². The monoisotopic (exact) mass is 306 g/mol. The van der Waals surface area contributed by atoms with Gasteiger partial charge in [0.05, 0.1) is 6.10 Å². The normalized spacial score (nSPS) is 22.0. The highest BCUT2D eigenvalue weighted by Gasteiger charge is 2.28. The minimum absolute atomic E-state index is 0.188. The second-order valence-corrected chi connectivity index (χ2v) is 6.23. The summed E-state index contributed by atoms with van der Waals surface area (Å²) in [7, 11) is 0. The van der Waals surface area contributed by atoms with Crippen molar-refractivity contribution in [3.63, 3.8) is 0 Å². The lowest BCUT2D eigenvalue weighted by Gasteiger charge is -2.37. The lowest BCUT2D eigenvalue weighted by molar-refractivity contribution is 0.0156. The van der Waals surface area contributed by atoms with E-state index in [1.807, 2.05) is 12.4 Å². The maximum Gasteiger partial charge on any atom is 0.222 e. The van der Waals surface area contributed by atoms with Crippen molar-refractivity contribution in [1.29, 1.82) is 0 Å². The molecular formula is C17H30N4O. The Morgan fingerprint density at radius 1 is 1.18 bits per heavy atom. The third kappa shape index (κ3) is 4.92. The van der Waals surface area contributed by atoms with E-state index in [4.69, 9.17) is 0 Å². The molecule has 5 heteroatoms. The first-order valence-electron chi connectivity index (χ1n) is 8.71. The van der Waals surface area contributed by atoms with Gasteiger partial charge in [0.15, 0.2) is 0 Å². The van der Waals surface area contributed by atoms with Gasteiger partial charge in [-0.05, 0) is 32.2 Å². The Morgan fingerprint density at radius 2 is 1.91 bits per heavy atom. The van der Waals surface area contributed by atoms with Crippen molar-refractivity contribution < 1.29 is 5.11 Å². The molecule has 124 valence electrons. The average molecular weight is 306 g/mol. The fourth-order valence-electron chi connectivity index (χ4n) is 3.17. The zero-order chi connectivity index (χ0) is 15.8. The molecule has 2 atom stereocenters. The molecule has 1 aromatic rings. The summed E-state index contributed by atoms with van der Waals surface area (Å²) in [6.45, 7) is 7.05. The Kier molecular flexibility index (Phi) is 7.06. The highest BCUT2D eigenvalue weighted by Crippen LogP contribution is 2.24. The van der Waals surface area contributed by atoms with Gasteiger partial charge in [-0.2, -0.15) is 0 Å². The van der Waals surface area contributed by atoms with E-state index in [-0.39, 0.29) is 12.1 Å². The first kappa shape index (κ1) is 17.2. The van der Waals surface area contributed by atoms with E-state index in [9.17, 15) is 5.11 Å². The van der Waals surface area contributed by atoms with Crippen LogP contribution in [0.1, 0.15) is 57.9 Å². The highest BCUT2D eigenvalue weighted by atomic mass is 16.3. The number of hydrogen-bond acceptors (Lipinski definition) is 5. The molecule has 0 saturated heterocycles. The summed E-state index contributed by atoms with van der Waals surface area (Å²) in [5, 5.41) is 13.5. The second kappa shape index (κ2) is 9.06. The Balaban J connectivity index is 1.97. The molecule has 0 aliphatic heterocycles. The first-order valence-corrected chi connectivity index (χ1v) is 8.71. The maximum atomic E-state index is 10.3. The molecule has 1 aliphatic carbocycles. The minimum Gasteiger partial charge on any atom is -0.391 e. The number of nitrogens with one attached hydrogen (secondary N) is 1. The second-order valence-electron chi connectivity index (χ2n) is 6.23. The molecule has 0 aromatic carbocycles. The predicted octanol–water partition coefficient (Wildman–Crippen LogP) is 2.81. The molecule has 0 radical (unpaired) electrons. The number of aliphatic hydroxyl groups excluding tert-OH is 1. The number of aliphatic hydroxyl groups is 1. The summed E-state index contributed by atoms with van der Waals surface area (Å²) in [4.78, 5) is 11.2. The molecule has 1 aromatic heterocycles. The van der Waals surface area contributed by atoms with E-state index in [2.05, 4.69) is 34.0 Å². The van der Waals surface area contributed by atoms with Crippen LogP contribution in [-0.2, 0) is 6.54 Å². The summed E-state index contributed by atoms with van der Waals surface area (Å²) in [5.41, 5.74) is 1.12. The van der Waals surface area contributed by atoms with Gasteiger partial charge in [0.2, 0.25) is 5.95 Å². The van der Waals surface area contributed by atoms with Crippen molar-refractivity contribution >= 4 is 5.95 Å². The number of nitrogens with zero attached hydrogens (tertiary/aromatic N) is 3. The van der Waals surface area contributed by atoms with Crippen molar-refractivity contribution in [2.24, 2.45) is 0 Å². The van der Waals surface area contributed by atoms with Crippen molar-refractivity contribution in [3.05, 3.63) is 18.0 Å². The molecule has 0 unspecified atom stereocenters. The van der Waals surface area contributed by atoms with Crippen LogP contribution in [-0.4, -0.2) is 45.2 Å². The van der Waals surface area contributed by atoms with E-state index < -0.39 is 0 Å². The molecule has 1 heterocycles. The van der Waals surface area contributed by atoms with Gasteiger partial charge < -0.3 is 10.4 Å². The maximum absolute atomic E-state index is 10.3. The smallest absolute Gasteiger partial charge is 0.222 e. The van der Waals surface area contributed by atoms with Gasteiger partial charge >= 0.3 is 0 Å². The predicted molar refractivity (Wildman–Crippen MR) is 89.8 cm³/mol. The van der Waals surface area contributed by atoms with Gasteiger partial charge in [0.25, 0.3) is 0 Å². The summed E-state index contributed by atoms with van der Waals surface area (Å²) >= 11 is 0. The standard InChI is InChI=1S/C17H30N4O/c1-3-9-18-17-19-11-14(12-20-17)13-21(10-4-2)15-7-5-6-8-16(15)22/h11-12,15-16,22H,3-10,13H2,1-2H3,(H,18,19,20)/t15-,16-/m1/s1. The molecule has 22 heavy (non-hydrogen) atoms. The lowest BCUT2D eigenvalue weighted by atomic mass is 9.91. The summed E-state index contributed by atoms with van der Waals surface area (Å²) in [5.74, 6) is 0.699. The Bertz CT molecular complexity index is 423. The van der Waals surface area contributed by atoms with Crippen LogP contribution < -0.4 is 5.32 Å². The zero-order valence-corrected chi connectivity index (χ0v) is 14.0. The summed E-state index contributed by atoms with van der Waals surface area (Å²) in [6.07, 6.45) is 10.2. The largest absolute Gasteiger partial charge is 0.391 e. The fraction of sp³-hybridized carbons (Fsp3) is 0.765. The average Bonchev–Trinajstić information content (AvgIpc) is 2.54. The van der Waals surface area contributed by atoms with E-state index in [1.54, 1.807) is 0 Å². The molecule has 0 bridgehead atoms. The van der Waals surface area contributed by atoms with E-state index >= 15 is 0 Å². The molecule has 2 N–H and O–H groups in total. The fourth-order valence-corrected chi connectivity index (χ4v) is 3.17. The van der Waals surface area contributed by atoms with E-state index in [0.717, 1.165) is 57.3 Å². The molecule has 0 amide bonds. The molecule has 5 nitrogen and oxygen atoms in total. The van der Waals surface area contributed by atoms with Crippen molar-refractivity contribution in [2.45, 2.75) is 71.1 Å². The van der Waals surface area contributed by atoms with Crippen LogP contribution in [0.5, 0.6) is 0 Å². The molecular weight excluding hydrogens is 276 g/mol. The van der Waals surface area contributed by atoms with Crippen LogP contribution in [0.25, 0.3) is 0 Å². The van der Waals surface area contributed by atoms with Gasteiger partial charge in [-0.3, -0.25) is 4.90 Å². The number of rotatable bonds is 8. The van der Waals surface area contributed by atoms with Crippen LogP contribution in [0.15, 0.2) is 12.4 Å². The Hall–Kier alpha value is -1.20.